The first-order valence-corrected chi connectivity index (χ1v) is 6.68. The minimum absolute atomic E-state index is 0.534. The minimum atomic E-state index is -0.807. The Morgan fingerprint density at radius 1 is 1.39 bits per heavy atom. The Balaban J connectivity index is 1.99. The number of ether oxygens (including phenoxy) is 1. The molecule has 1 N–H and O–H groups in total. The van der Waals surface area contributed by atoms with Crippen LogP contribution in [-0.2, 0) is 4.74 Å². The number of methoxy groups -OCH3 is 1. The molecule has 1 fully saturated rings. The topological polar surface area (TPSA) is 53.2 Å². The summed E-state index contributed by atoms with van der Waals surface area (Å²) in [4.78, 5) is 0. The molecule has 2 rings (SSSR count). The lowest BCUT2D eigenvalue weighted by Gasteiger charge is -2.33. The summed E-state index contributed by atoms with van der Waals surface area (Å²) in [6, 6.07) is 2.18. The van der Waals surface area contributed by atoms with E-state index < -0.39 is 11.2 Å². The van der Waals surface area contributed by atoms with Crippen molar-refractivity contribution in [1.82, 2.24) is 0 Å². The highest BCUT2D eigenvalue weighted by Gasteiger charge is 2.32. The van der Waals surface area contributed by atoms with Gasteiger partial charge in [0.1, 0.15) is 6.07 Å². The van der Waals surface area contributed by atoms with Crippen LogP contribution >= 0.6 is 0 Å². The van der Waals surface area contributed by atoms with Crippen LogP contribution in [0, 0.1) is 11.3 Å². The molecule has 1 saturated carbocycles. The van der Waals surface area contributed by atoms with Gasteiger partial charge in [-0.15, -0.1) is 0 Å². The number of nitriles is 1. The molecule has 3 nitrogen and oxygen atoms in total. The lowest BCUT2D eigenvalue weighted by molar-refractivity contribution is 0.00471. The number of hydrogen-bond acceptors (Lipinski definition) is 3. The molecule has 0 aromatic rings. The summed E-state index contributed by atoms with van der Waals surface area (Å²) < 4.78 is 5.24. The number of rotatable bonds is 3. The van der Waals surface area contributed by atoms with E-state index in [1.165, 1.54) is 6.42 Å². The van der Waals surface area contributed by atoms with Crippen LogP contribution in [0.3, 0.4) is 0 Å². The average molecular weight is 247 g/mol. The molecule has 0 radical (unpaired) electrons. The summed E-state index contributed by atoms with van der Waals surface area (Å²) in [5.41, 5.74) is -0.213. The van der Waals surface area contributed by atoms with Crippen LogP contribution in [0.2, 0.25) is 0 Å². The van der Waals surface area contributed by atoms with Crippen molar-refractivity contribution in [3.8, 4) is 6.07 Å². The van der Waals surface area contributed by atoms with Crippen LogP contribution in [-0.4, -0.2) is 23.4 Å². The quantitative estimate of drug-likeness (QED) is 0.834. The lowest BCUT2D eigenvalue weighted by atomic mass is 9.79. The molecule has 98 valence electrons. The van der Waals surface area contributed by atoms with Crippen molar-refractivity contribution < 1.29 is 9.84 Å². The van der Waals surface area contributed by atoms with Gasteiger partial charge in [0, 0.05) is 20.0 Å². The van der Waals surface area contributed by atoms with E-state index in [0.29, 0.717) is 12.8 Å². The molecule has 3 heteroatoms. The molecule has 0 heterocycles. The standard InChI is InChI=1S/C15H21NO2/c1-18-15(12-16)9-5-13(6-10-15)11-14(17)7-3-2-4-8-14/h5-6,9,17H,2-4,7-8,10-11H2,1H3. The van der Waals surface area contributed by atoms with E-state index in [9.17, 15) is 5.11 Å². The van der Waals surface area contributed by atoms with Crippen molar-refractivity contribution in [1.29, 1.82) is 5.26 Å². The molecule has 0 aliphatic heterocycles. The maximum Gasteiger partial charge on any atom is 0.176 e. The highest BCUT2D eigenvalue weighted by Crippen LogP contribution is 2.35. The molecular formula is C15H21NO2. The fourth-order valence-corrected chi connectivity index (χ4v) is 2.84. The van der Waals surface area contributed by atoms with Crippen LogP contribution in [0.1, 0.15) is 44.9 Å². The van der Waals surface area contributed by atoms with Gasteiger partial charge in [-0.05, 0) is 24.5 Å². The normalized spacial score (nSPS) is 30.6. The van der Waals surface area contributed by atoms with E-state index >= 15 is 0 Å². The van der Waals surface area contributed by atoms with Crippen LogP contribution in [0.15, 0.2) is 23.8 Å². The molecule has 0 spiro atoms. The summed E-state index contributed by atoms with van der Waals surface area (Å²) in [6.45, 7) is 0. The molecule has 2 aliphatic rings. The van der Waals surface area contributed by atoms with E-state index in [0.717, 1.165) is 31.3 Å². The number of hydrogen-bond donors (Lipinski definition) is 1. The number of nitrogens with zero attached hydrogens (tertiary/aromatic N) is 1. The van der Waals surface area contributed by atoms with Gasteiger partial charge in [-0.25, -0.2) is 0 Å². The van der Waals surface area contributed by atoms with Gasteiger partial charge in [0.25, 0.3) is 0 Å². The Kier molecular flexibility index (Phi) is 3.89. The predicted molar refractivity (Wildman–Crippen MR) is 69.8 cm³/mol. The van der Waals surface area contributed by atoms with Gasteiger partial charge in [0.15, 0.2) is 5.60 Å². The Morgan fingerprint density at radius 3 is 2.61 bits per heavy atom. The van der Waals surface area contributed by atoms with Gasteiger partial charge in [-0.3, -0.25) is 0 Å². The second-order valence-corrected chi connectivity index (χ2v) is 5.48. The highest BCUT2D eigenvalue weighted by molar-refractivity contribution is 5.33. The van der Waals surface area contributed by atoms with Gasteiger partial charge in [0.05, 0.1) is 5.60 Å². The van der Waals surface area contributed by atoms with Crippen LogP contribution in [0.4, 0.5) is 0 Å². The summed E-state index contributed by atoms with van der Waals surface area (Å²) in [5, 5.41) is 19.6. The summed E-state index contributed by atoms with van der Waals surface area (Å²) >= 11 is 0. The van der Waals surface area contributed by atoms with Gasteiger partial charge in [0.2, 0.25) is 0 Å². The molecule has 1 unspecified atom stereocenters. The van der Waals surface area contributed by atoms with Crippen molar-refractivity contribution in [2.45, 2.75) is 56.1 Å². The maximum absolute atomic E-state index is 10.5. The smallest absolute Gasteiger partial charge is 0.176 e. The zero-order valence-electron chi connectivity index (χ0n) is 11.0. The van der Waals surface area contributed by atoms with Gasteiger partial charge in [-0.1, -0.05) is 31.4 Å². The zero-order chi connectivity index (χ0) is 13.1. The van der Waals surface area contributed by atoms with E-state index in [2.05, 4.69) is 6.07 Å². The molecule has 2 aliphatic carbocycles. The highest BCUT2D eigenvalue weighted by atomic mass is 16.5. The number of allylic oxidation sites excluding steroid dienone is 1. The third kappa shape index (κ3) is 2.82. The summed E-state index contributed by atoms with van der Waals surface area (Å²) in [7, 11) is 1.56. The Bertz CT molecular complexity index is 399. The second kappa shape index (κ2) is 5.26. The molecule has 0 saturated heterocycles. The fourth-order valence-electron chi connectivity index (χ4n) is 2.84. The van der Waals surface area contributed by atoms with Crippen LogP contribution < -0.4 is 0 Å². The van der Waals surface area contributed by atoms with Crippen molar-refractivity contribution in [3.63, 3.8) is 0 Å². The third-order valence-electron chi connectivity index (χ3n) is 4.11. The molecular weight excluding hydrogens is 226 g/mol. The SMILES string of the molecule is COC1(C#N)C=CC(CC2(O)CCCCC2)=CC1. The first-order valence-electron chi connectivity index (χ1n) is 6.68. The first kappa shape index (κ1) is 13.3. The lowest BCUT2D eigenvalue weighted by Crippen LogP contribution is -2.33. The number of aliphatic hydroxyl groups is 1. The Labute approximate surface area is 109 Å². The monoisotopic (exact) mass is 247 g/mol. The zero-order valence-corrected chi connectivity index (χ0v) is 11.0. The summed E-state index contributed by atoms with van der Waals surface area (Å²) in [5.74, 6) is 0. The minimum Gasteiger partial charge on any atom is -0.390 e. The van der Waals surface area contributed by atoms with Crippen molar-refractivity contribution in [3.05, 3.63) is 23.8 Å². The van der Waals surface area contributed by atoms with Crippen molar-refractivity contribution in [2.24, 2.45) is 0 Å². The van der Waals surface area contributed by atoms with E-state index in [1.54, 1.807) is 7.11 Å². The van der Waals surface area contributed by atoms with Crippen molar-refractivity contribution >= 4 is 0 Å². The average Bonchev–Trinajstić information content (AvgIpc) is 2.40. The summed E-state index contributed by atoms with van der Waals surface area (Å²) in [6.07, 6.45) is 12.3. The third-order valence-corrected chi connectivity index (χ3v) is 4.11. The van der Waals surface area contributed by atoms with Crippen LogP contribution in [0.25, 0.3) is 0 Å². The second-order valence-electron chi connectivity index (χ2n) is 5.48. The molecule has 18 heavy (non-hydrogen) atoms. The van der Waals surface area contributed by atoms with Gasteiger partial charge < -0.3 is 9.84 Å². The largest absolute Gasteiger partial charge is 0.390 e. The first-order chi connectivity index (χ1) is 8.61. The molecule has 0 aromatic carbocycles. The molecule has 1 atom stereocenters. The Morgan fingerprint density at radius 2 is 2.11 bits per heavy atom. The molecule has 0 aromatic heterocycles. The molecule has 0 bridgehead atoms. The fraction of sp³-hybridized carbons (Fsp3) is 0.667. The van der Waals surface area contributed by atoms with E-state index in [4.69, 9.17) is 10.00 Å². The van der Waals surface area contributed by atoms with E-state index in [-0.39, 0.29) is 0 Å². The maximum atomic E-state index is 10.5. The van der Waals surface area contributed by atoms with Crippen LogP contribution in [0.5, 0.6) is 0 Å². The molecule has 0 amide bonds. The van der Waals surface area contributed by atoms with E-state index in [1.807, 2.05) is 18.2 Å². The predicted octanol–water partition coefficient (Wildman–Crippen LogP) is 2.87. The van der Waals surface area contributed by atoms with Crippen molar-refractivity contribution in [2.75, 3.05) is 7.11 Å². The van der Waals surface area contributed by atoms with Gasteiger partial charge >= 0.3 is 0 Å². The van der Waals surface area contributed by atoms with Gasteiger partial charge in [-0.2, -0.15) is 5.26 Å². The Hall–Kier alpha value is -1.11.